The third kappa shape index (κ3) is 4.35. The van der Waals surface area contributed by atoms with Gasteiger partial charge in [-0.3, -0.25) is 9.69 Å². The largest absolute Gasteiger partial charge is 0.493 e. The van der Waals surface area contributed by atoms with Crippen LogP contribution >= 0.6 is 11.8 Å². The number of nitrogens with zero attached hydrogens (tertiary/aromatic N) is 3. The summed E-state index contributed by atoms with van der Waals surface area (Å²) in [4.78, 5) is 19.6. The monoisotopic (exact) mass is 393 g/mol. The highest BCUT2D eigenvalue weighted by molar-refractivity contribution is 8.18. The lowest BCUT2D eigenvalue weighted by atomic mass is 10.2. The number of rotatable bonds is 6. The van der Waals surface area contributed by atoms with Crippen LogP contribution in [0, 0.1) is 11.3 Å². The van der Waals surface area contributed by atoms with Crippen LogP contribution in [-0.4, -0.2) is 36.2 Å². The molecule has 1 aliphatic rings. The van der Waals surface area contributed by atoms with Gasteiger partial charge in [-0.1, -0.05) is 24.3 Å². The van der Waals surface area contributed by atoms with Crippen molar-refractivity contribution in [1.29, 1.82) is 5.26 Å². The van der Waals surface area contributed by atoms with E-state index in [0.717, 1.165) is 11.3 Å². The number of benzene rings is 2. The number of carbonyl (C=O) groups is 1. The number of likely N-dealkylation sites (N-methyl/N-ethyl adjacent to an activating group) is 1. The van der Waals surface area contributed by atoms with Crippen molar-refractivity contribution in [3.05, 3.63) is 59.0 Å². The quantitative estimate of drug-likeness (QED) is 0.687. The van der Waals surface area contributed by atoms with E-state index in [2.05, 4.69) is 4.99 Å². The summed E-state index contributed by atoms with van der Waals surface area (Å²) in [6.07, 6.45) is 1.81. The first-order chi connectivity index (χ1) is 13.7. The normalized spacial score (nSPS) is 16.5. The fraction of sp³-hybridized carbons (Fsp3) is 0.190. The van der Waals surface area contributed by atoms with E-state index < -0.39 is 0 Å². The van der Waals surface area contributed by atoms with Crippen molar-refractivity contribution in [1.82, 2.24) is 4.90 Å². The Hall–Kier alpha value is -3.24. The molecule has 0 aromatic heterocycles. The molecule has 0 N–H and O–H groups in total. The Morgan fingerprint density at radius 1 is 1.21 bits per heavy atom. The minimum atomic E-state index is -0.0778. The highest BCUT2D eigenvalue weighted by Crippen LogP contribution is 2.35. The summed E-state index contributed by atoms with van der Waals surface area (Å²) < 4.78 is 10.7. The minimum absolute atomic E-state index is 0.0596. The fourth-order valence-corrected chi connectivity index (χ4v) is 3.70. The second-order valence-electron chi connectivity index (χ2n) is 5.75. The van der Waals surface area contributed by atoms with Crippen molar-refractivity contribution in [2.45, 2.75) is 6.92 Å². The molecular weight excluding hydrogens is 374 g/mol. The van der Waals surface area contributed by atoms with Crippen molar-refractivity contribution in [3.63, 3.8) is 0 Å². The lowest BCUT2D eigenvalue weighted by Crippen LogP contribution is -2.28. The first kappa shape index (κ1) is 19.5. The summed E-state index contributed by atoms with van der Waals surface area (Å²) in [5, 5.41) is 9.32. The number of nitriles is 1. The Morgan fingerprint density at radius 3 is 2.68 bits per heavy atom. The number of methoxy groups -OCH3 is 1. The molecule has 1 heterocycles. The fourth-order valence-electron chi connectivity index (χ4n) is 2.64. The van der Waals surface area contributed by atoms with Gasteiger partial charge in [0.2, 0.25) is 0 Å². The summed E-state index contributed by atoms with van der Waals surface area (Å²) in [6, 6.07) is 16.8. The van der Waals surface area contributed by atoms with Crippen LogP contribution in [0.4, 0.5) is 5.69 Å². The van der Waals surface area contributed by atoms with Gasteiger partial charge in [-0.15, -0.1) is 0 Å². The molecule has 7 heteroatoms. The Balaban J connectivity index is 1.89. The third-order valence-electron chi connectivity index (χ3n) is 3.96. The van der Waals surface area contributed by atoms with E-state index in [9.17, 15) is 4.79 Å². The molecule has 0 saturated carbocycles. The Labute approximate surface area is 168 Å². The molecule has 2 aromatic rings. The number of carbonyl (C=O) groups excluding carboxylic acids is 1. The predicted molar refractivity (Wildman–Crippen MR) is 111 cm³/mol. The van der Waals surface area contributed by atoms with E-state index in [1.807, 2.05) is 49.4 Å². The number of amides is 1. The second-order valence-corrected chi connectivity index (χ2v) is 6.76. The van der Waals surface area contributed by atoms with Gasteiger partial charge in [-0.25, -0.2) is 4.99 Å². The van der Waals surface area contributed by atoms with Crippen LogP contribution in [0.3, 0.4) is 0 Å². The maximum Gasteiger partial charge on any atom is 0.266 e. The van der Waals surface area contributed by atoms with E-state index in [0.29, 0.717) is 28.1 Å². The van der Waals surface area contributed by atoms with Gasteiger partial charge >= 0.3 is 0 Å². The number of para-hydroxylation sites is 1. The second kappa shape index (κ2) is 9.11. The molecule has 0 radical (unpaired) electrons. The Bertz CT molecular complexity index is 965. The molecule has 3 rings (SSSR count). The maximum absolute atomic E-state index is 12.8. The third-order valence-corrected chi connectivity index (χ3v) is 4.97. The lowest BCUT2D eigenvalue weighted by molar-refractivity contribution is -0.122. The van der Waals surface area contributed by atoms with E-state index >= 15 is 0 Å². The average molecular weight is 393 g/mol. The highest BCUT2D eigenvalue weighted by Gasteiger charge is 2.32. The molecule has 6 nitrogen and oxygen atoms in total. The summed E-state index contributed by atoms with van der Waals surface area (Å²) >= 11 is 1.35. The van der Waals surface area contributed by atoms with Crippen LogP contribution < -0.4 is 9.47 Å². The van der Waals surface area contributed by atoms with Crippen LogP contribution in [0.1, 0.15) is 12.5 Å². The SMILES string of the molecule is CCN1C(=O)C(=Cc2ccc(OCC#N)c(OC)c2)SC1=Nc1ccccc1. The van der Waals surface area contributed by atoms with Gasteiger partial charge < -0.3 is 9.47 Å². The molecule has 1 fully saturated rings. The van der Waals surface area contributed by atoms with Gasteiger partial charge in [-0.2, -0.15) is 5.26 Å². The zero-order valence-corrected chi connectivity index (χ0v) is 16.4. The molecule has 0 bridgehead atoms. The van der Waals surface area contributed by atoms with E-state index in [4.69, 9.17) is 14.7 Å². The van der Waals surface area contributed by atoms with Crippen LogP contribution in [0.5, 0.6) is 11.5 Å². The summed E-state index contributed by atoms with van der Waals surface area (Å²) in [5.74, 6) is 0.912. The van der Waals surface area contributed by atoms with Crippen molar-refractivity contribution in [2.24, 2.45) is 4.99 Å². The molecule has 1 saturated heterocycles. The average Bonchev–Trinajstić information content (AvgIpc) is 3.01. The molecule has 28 heavy (non-hydrogen) atoms. The van der Waals surface area contributed by atoms with Gasteiger partial charge in [0.25, 0.3) is 5.91 Å². The zero-order valence-electron chi connectivity index (χ0n) is 15.6. The molecule has 0 spiro atoms. The topological polar surface area (TPSA) is 74.9 Å². The molecular formula is C21H19N3O3S. The standard InChI is InChI=1S/C21H19N3O3S/c1-3-24-20(25)19(28-21(24)23-16-7-5-4-6-8-16)14-15-9-10-17(27-12-11-22)18(13-15)26-2/h4-10,13-14H,3,12H2,1-2H3. The van der Waals surface area contributed by atoms with Crippen molar-refractivity contribution >= 4 is 34.6 Å². The Morgan fingerprint density at radius 2 is 2.00 bits per heavy atom. The van der Waals surface area contributed by atoms with Gasteiger partial charge in [0.1, 0.15) is 6.07 Å². The predicted octanol–water partition coefficient (Wildman–Crippen LogP) is 4.22. The van der Waals surface area contributed by atoms with Crippen molar-refractivity contribution in [2.75, 3.05) is 20.3 Å². The number of hydrogen-bond donors (Lipinski definition) is 0. The van der Waals surface area contributed by atoms with E-state index in [1.54, 1.807) is 23.1 Å². The molecule has 1 amide bonds. The van der Waals surface area contributed by atoms with Gasteiger partial charge in [-0.05, 0) is 54.6 Å². The molecule has 2 aromatic carbocycles. The number of thioether (sulfide) groups is 1. The number of aliphatic imine (C=N–C) groups is 1. The smallest absolute Gasteiger partial charge is 0.266 e. The maximum atomic E-state index is 12.8. The van der Waals surface area contributed by atoms with E-state index in [-0.39, 0.29) is 12.5 Å². The van der Waals surface area contributed by atoms with Crippen LogP contribution in [-0.2, 0) is 4.79 Å². The number of amidine groups is 1. The summed E-state index contributed by atoms with van der Waals surface area (Å²) in [7, 11) is 1.53. The summed E-state index contributed by atoms with van der Waals surface area (Å²) in [6.45, 7) is 2.40. The van der Waals surface area contributed by atoms with Gasteiger partial charge in [0.05, 0.1) is 17.7 Å². The number of hydrogen-bond acceptors (Lipinski definition) is 6. The molecule has 142 valence electrons. The lowest BCUT2D eigenvalue weighted by Gasteiger charge is -2.12. The first-order valence-electron chi connectivity index (χ1n) is 8.69. The van der Waals surface area contributed by atoms with Crippen LogP contribution in [0.2, 0.25) is 0 Å². The molecule has 0 atom stereocenters. The molecule has 1 aliphatic heterocycles. The van der Waals surface area contributed by atoms with Gasteiger partial charge in [0.15, 0.2) is 23.3 Å². The highest BCUT2D eigenvalue weighted by atomic mass is 32.2. The van der Waals surface area contributed by atoms with Crippen molar-refractivity contribution in [3.8, 4) is 17.6 Å². The van der Waals surface area contributed by atoms with Crippen LogP contribution in [0.15, 0.2) is 58.4 Å². The van der Waals surface area contributed by atoms with Crippen LogP contribution in [0.25, 0.3) is 6.08 Å². The first-order valence-corrected chi connectivity index (χ1v) is 9.51. The van der Waals surface area contributed by atoms with Crippen molar-refractivity contribution < 1.29 is 14.3 Å². The van der Waals surface area contributed by atoms with E-state index in [1.165, 1.54) is 18.9 Å². The summed E-state index contributed by atoms with van der Waals surface area (Å²) in [5.41, 5.74) is 1.60. The molecule has 0 aliphatic carbocycles. The molecule has 0 unspecified atom stereocenters. The van der Waals surface area contributed by atoms with Gasteiger partial charge in [0, 0.05) is 6.54 Å². The Kier molecular flexibility index (Phi) is 6.35. The zero-order chi connectivity index (χ0) is 19.9. The minimum Gasteiger partial charge on any atom is -0.493 e. The number of ether oxygens (including phenoxy) is 2.